The number of aromatic carboxylic acids is 1. The molecule has 1 aromatic rings. The van der Waals surface area contributed by atoms with Crippen LogP contribution in [0.5, 0.6) is 0 Å². The van der Waals surface area contributed by atoms with Crippen LogP contribution < -0.4 is 0 Å². The Labute approximate surface area is 119 Å². The molecule has 0 bridgehead atoms. The van der Waals surface area contributed by atoms with Gasteiger partial charge in [0.15, 0.2) is 0 Å². The van der Waals surface area contributed by atoms with Crippen LogP contribution in [0.1, 0.15) is 48.0 Å². The fraction of sp³-hybridized carbons (Fsp3) is 0.562. The van der Waals surface area contributed by atoms with Gasteiger partial charge in [-0.25, -0.2) is 9.18 Å². The van der Waals surface area contributed by atoms with E-state index in [0.717, 1.165) is 18.0 Å². The second kappa shape index (κ2) is 6.84. The molecule has 1 aliphatic carbocycles. The van der Waals surface area contributed by atoms with Gasteiger partial charge in [0.25, 0.3) is 0 Å². The number of rotatable bonds is 5. The number of benzene rings is 1. The van der Waals surface area contributed by atoms with Crippen LogP contribution >= 0.6 is 0 Å². The molecule has 1 N–H and O–H groups in total. The fourth-order valence-electron chi connectivity index (χ4n) is 3.02. The highest BCUT2D eigenvalue weighted by Crippen LogP contribution is 2.24. The molecule has 2 rings (SSSR count). The summed E-state index contributed by atoms with van der Waals surface area (Å²) in [6.07, 6.45) is 6.57. The van der Waals surface area contributed by atoms with Gasteiger partial charge in [-0.3, -0.25) is 0 Å². The summed E-state index contributed by atoms with van der Waals surface area (Å²) in [6, 6.07) is 4.38. The Hall–Kier alpha value is -1.42. The lowest BCUT2D eigenvalue weighted by Gasteiger charge is -2.27. The van der Waals surface area contributed by atoms with Crippen LogP contribution in [0.4, 0.5) is 4.39 Å². The van der Waals surface area contributed by atoms with E-state index in [1.165, 1.54) is 44.2 Å². The zero-order chi connectivity index (χ0) is 14.5. The molecular weight excluding hydrogens is 257 g/mol. The van der Waals surface area contributed by atoms with Gasteiger partial charge in [0.2, 0.25) is 0 Å². The predicted molar refractivity (Wildman–Crippen MR) is 76.3 cm³/mol. The highest BCUT2D eigenvalue weighted by molar-refractivity contribution is 5.87. The summed E-state index contributed by atoms with van der Waals surface area (Å²) >= 11 is 0. The molecule has 110 valence electrons. The third-order valence-corrected chi connectivity index (χ3v) is 4.01. The maximum Gasteiger partial charge on any atom is 0.338 e. The van der Waals surface area contributed by atoms with Crippen molar-refractivity contribution in [3.63, 3.8) is 0 Å². The van der Waals surface area contributed by atoms with Crippen molar-refractivity contribution in [1.29, 1.82) is 0 Å². The first-order valence-electron chi connectivity index (χ1n) is 7.26. The molecule has 0 unspecified atom stereocenters. The molecule has 0 radical (unpaired) electrons. The van der Waals surface area contributed by atoms with Gasteiger partial charge in [0.1, 0.15) is 5.82 Å². The molecule has 0 amide bonds. The van der Waals surface area contributed by atoms with Crippen molar-refractivity contribution in [2.45, 2.75) is 38.6 Å². The summed E-state index contributed by atoms with van der Waals surface area (Å²) in [5.74, 6) is -1.12. The predicted octanol–water partition coefficient (Wildman–Crippen LogP) is 3.54. The third kappa shape index (κ3) is 4.04. The van der Waals surface area contributed by atoms with Gasteiger partial charge < -0.3 is 10.0 Å². The van der Waals surface area contributed by atoms with Gasteiger partial charge >= 0.3 is 5.97 Å². The summed E-state index contributed by atoms with van der Waals surface area (Å²) in [7, 11) is 2.04. The van der Waals surface area contributed by atoms with Crippen LogP contribution in [-0.4, -0.2) is 29.6 Å². The number of hydrogen-bond donors (Lipinski definition) is 1. The van der Waals surface area contributed by atoms with Gasteiger partial charge in [0, 0.05) is 13.1 Å². The molecule has 4 heteroatoms. The van der Waals surface area contributed by atoms with Crippen molar-refractivity contribution in [3.05, 3.63) is 35.1 Å². The Kier molecular flexibility index (Phi) is 5.12. The van der Waals surface area contributed by atoms with E-state index in [1.807, 2.05) is 7.05 Å². The second-order valence-electron chi connectivity index (χ2n) is 5.82. The number of carboxylic acids is 1. The Morgan fingerprint density at radius 3 is 2.65 bits per heavy atom. The summed E-state index contributed by atoms with van der Waals surface area (Å²) in [5.41, 5.74) is 0.564. The van der Waals surface area contributed by atoms with Crippen molar-refractivity contribution >= 4 is 5.97 Å². The lowest BCUT2D eigenvalue weighted by Crippen LogP contribution is -2.26. The summed E-state index contributed by atoms with van der Waals surface area (Å²) in [6.45, 7) is 1.69. The maximum atomic E-state index is 13.6. The molecule has 0 spiro atoms. The molecule has 1 aliphatic rings. The number of carbonyl (C=O) groups is 1. The summed E-state index contributed by atoms with van der Waals surface area (Å²) in [4.78, 5) is 13.0. The number of halogens is 1. The first-order valence-corrected chi connectivity index (χ1v) is 7.26. The van der Waals surface area contributed by atoms with E-state index in [-0.39, 0.29) is 5.56 Å². The van der Waals surface area contributed by atoms with Gasteiger partial charge in [-0.05, 0) is 43.5 Å². The minimum absolute atomic E-state index is 0.260. The maximum absolute atomic E-state index is 13.6. The van der Waals surface area contributed by atoms with Crippen molar-refractivity contribution in [3.8, 4) is 0 Å². The van der Waals surface area contributed by atoms with Crippen LogP contribution in [0.15, 0.2) is 18.2 Å². The highest BCUT2D eigenvalue weighted by atomic mass is 19.1. The number of hydrogen-bond acceptors (Lipinski definition) is 2. The molecule has 0 aromatic heterocycles. The molecule has 0 aliphatic heterocycles. The normalized spacial score (nSPS) is 16.6. The minimum atomic E-state index is -1.22. The van der Waals surface area contributed by atoms with E-state index in [9.17, 15) is 9.18 Å². The van der Waals surface area contributed by atoms with Crippen molar-refractivity contribution < 1.29 is 14.3 Å². The van der Waals surface area contributed by atoms with E-state index in [0.29, 0.717) is 6.54 Å². The Morgan fingerprint density at radius 1 is 1.35 bits per heavy atom. The Bertz CT molecular complexity index is 470. The van der Waals surface area contributed by atoms with Gasteiger partial charge in [-0.2, -0.15) is 0 Å². The van der Waals surface area contributed by atoms with E-state index in [2.05, 4.69) is 4.90 Å². The van der Waals surface area contributed by atoms with Crippen LogP contribution in [0.3, 0.4) is 0 Å². The standard InChI is InChI=1S/C16H22FNO2/c1-18(10-12-5-3-2-4-6-12)11-13-7-8-14(16(19)20)15(17)9-13/h7-9,12H,2-6,10-11H2,1H3,(H,19,20). The summed E-state index contributed by atoms with van der Waals surface area (Å²) < 4.78 is 13.6. The highest BCUT2D eigenvalue weighted by Gasteiger charge is 2.16. The average Bonchev–Trinajstić information content (AvgIpc) is 2.39. The van der Waals surface area contributed by atoms with Gasteiger partial charge in [-0.15, -0.1) is 0 Å². The lowest BCUT2D eigenvalue weighted by atomic mass is 9.89. The van der Waals surface area contributed by atoms with Crippen molar-refractivity contribution in [2.75, 3.05) is 13.6 Å². The quantitative estimate of drug-likeness (QED) is 0.896. The van der Waals surface area contributed by atoms with Crippen LogP contribution in [0.2, 0.25) is 0 Å². The third-order valence-electron chi connectivity index (χ3n) is 4.01. The van der Waals surface area contributed by atoms with Gasteiger partial charge in [-0.1, -0.05) is 25.3 Å². The first kappa shape index (κ1) is 15.0. The second-order valence-corrected chi connectivity index (χ2v) is 5.82. The molecule has 1 saturated carbocycles. The zero-order valence-corrected chi connectivity index (χ0v) is 11.9. The lowest BCUT2D eigenvalue weighted by molar-refractivity contribution is 0.0692. The molecule has 1 fully saturated rings. The van der Waals surface area contributed by atoms with E-state index in [4.69, 9.17) is 5.11 Å². The molecule has 0 saturated heterocycles. The van der Waals surface area contributed by atoms with Gasteiger partial charge in [0.05, 0.1) is 5.56 Å². The summed E-state index contributed by atoms with van der Waals surface area (Å²) in [5, 5.41) is 8.80. The molecule has 0 heterocycles. The Morgan fingerprint density at radius 2 is 2.05 bits per heavy atom. The SMILES string of the molecule is CN(Cc1ccc(C(=O)O)c(F)c1)CC1CCCCC1. The molecule has 0 atom stereocenters. The van der Waals surface area contributed by atoms with Crippen LogP contribution in [-0.2, 0) is 6.54 Å². The van der Waals surface area contributed by atoms with E-state index >= 15 is 0 Å². The number of carboxylic acid groups (broad SMARTS) is 1. The zero-order valence-electron chi connectivity index (χ0n) is 11.9. The molecular formula is C16H22FNO2. The average molecular weight is 279 g/mol. The van der Waals surface area contributed by atoms with Crippen molar-refractivity contribution in [1.82, 2.24) is 4.90 Å². The number of nitrogens with zero attached hydrogens (tertiary/aromatic N) is 1. The molecule has 20 heavy (non-hydrogen) atoms. The first-order chi connectivity index (χ1) is 9.56. The van der Waals surface area contributed by atoms with E-state index < -0.39 is 11.8 Å². The van der Waals surface area contributed by atoms with Crippen LogP contribution in [0, 0.1) is 11.7 Å². The molecule has 1 aromatic carbocycles. The largest absolute Gasteiger partial charge is 0.478 e. The fourth-order valence-corrected chi connectivity index (χ4v) is 3.02. The monoisotopic (exact) mass is 279 g/mol. The topological polar surface area (TPSA) is 40.5 Å². The Balaban J connectivity index is 1.92. The minimum Gasteiger partial charge on any atom is -0.478 e. The molecule has 3 nitrogen and oxygen atoms in total. The van der Waals surface area contributed by atoms with Crippen molar-refractivity contribution in [2.24, 2.45) is 5.92 Å². The van der Waals surface area contributed by atoms with E-state index in [1.54, 1.807) is 6.07 Å². The van der Waals surface area contributed by atoms with Crippen LogP contribution in [0.25, 0.3) is 0 Å². The smallest absolute Gasteiger partial charge is 0.338 e.